The van der Waals surface area contributed by atoms with Gasteiger partial charge in [0.25, 0.3) is 0 Å². The van der Waals surface area contributed by atoms with Crippen LogP contribution in [0.4, 0.5) is 23.3 Å². The summed E-state index contributed by atoms with van der Waals surface area (Å²) in [6.45, 7) is 4.22. The molecule has 3 heterocycles. The van der Waals surface area contributed by atoms with Crippen molar-refractivity contribution >= 4 is 39.2 Å². The van der Waals surface area contributed by atoms with E-state index in [1.807, 2.05) is 30.1 Å². The predicted octanol–water partition coefficient (Wildman–Crippen LogP) is 3.99. The van der Waals surface area contributed by atoms with E-state index >= 15 is 0 Å². The Morgan fingerprint density at radius 1 is 1.29 bits per heavy atom. The zero-order chi connectivity index (χ0) is 17.1. The second-order valence-corrected chi connectivity index (χ2v) is 6.48. The number of hydrogen-bond acceptors (Lipinski definition) is 6. The number of aromatic nitrogens is 5. The van der Waals surface area contributed by atoms with Gasteiger partial charge < -0.3 is 10.2 Å². The quantitative estimate of drug-likeness (QED) is 0.688. The molecule has 0 fully saturated rings. The maximum absolute atomic E-state index is 4.57. The van der Waals surface area contributed by atoms with Crippen LogP contribution in [-0.2, 0) is 0 Å². The monoisotopic (exact) mass is 387 g/mol. The van der Waals surface area contributed by atoms with Crippen LogP contribution < -0.4 is 10.2 Å². The molecule has 0 atom stereocenters. The van der Waals surface area contributed by atoms with Gasteiger partial charge in [-0.1, -0.05) is 13.8 Å². The molecule has 3 aromatic rings. The molecule has 3 rings (SSSR count). The van der Waals surface area contributed by atoms with E-state index in [9.17, 15) is 0 Å². The highest BCUT2D eigenvalue weighted by molar-refractivity contribution is 9.10. The lowest BCUT2D eigenvalue weighted by molar-refractivity contribution is 0.811. The van der Waals surface area contributed by atoms with Crippen LogP contribution in [-0.4, -0.2) is 32.2 Å². The van der Waals surface area contributed by atoms with Crippen LogP contribution in [0.5, 0.6) is 0 Å². The Kier molecular flexibility index (Phi) is 4.75. The maximum atomic E-state index is 4.57. The highest BCUT2D eigenvalue weighted by Gasteiger charge is 2.12. The van der Waals surface area contributed by atoms with Gasteiger partial charge in [-0.15, -0.1) is 0 Å². The van der Waals surface area contributed by atoms with Gasteiger partial charge in [0.1, 0.15) is 0 Å². The smallest absolute Gasteiger partial charge is 0.231 e. The van der Waals surface area contributed by atoms with Gasteiger partial charge in [0, 0.05) is 31.2 Å². The molecule has 0 aliphatic heterocycles. The number of anilines is 4. The van der Waals surface area contributed by atoms with E-state index in [0.717, 1.165) is 15.9 Å². The van der Waals surface area contributed by atoms with Gasteiger partial charge in [0.05, 0.1) is 16.4 Å². The van der Waals surface area contributed by atoms with Crippen molar-refractivity contribution < 1.29 is 0 Å². The summed E-state index contributed by atoms with van der Waals surface area (Å²) < 4.78 is 0.764. The summed E-state index contributed by atoms with van der Waals surface area (Å²) in [7, 11) is 1.90. The predicted molar refractivity (Wildman–Crippen MR) is 98.0 cm³/mol. The molecule has 0 radical (unpaired) electrons. The van der Waals surface area contributed by atoms with Crippen LogP contribution in [0.25, 0.3) is 0 Å². The Hall–Kier alpha value is -2.48. The highest BCUT2D eigenvalue weighted by atomic mass is 79.9. The average molecular weight is 388 g/mol. The zero-order valence-corrected chi connectivity index (χ0v) is 15.2. The largest absolute Gasteiger partial charge is 0.322 e. The van der Waals surface area contributed by atoms with Crippen molar-refractivity contribution in [3.8, 4) is 0 Å². The Labute approximate surface area is 148 Å². The van der Waals surface area contributed by atoms with E-state index in [1.54, 1.807) is 18.6 Å². The molecular weight excluding hydrogens is 370 g/mol. The second kappa shape index (κ2) is 6.96. The SMILES string of the molecule is CC(C)c1cc(Nc2nc(N(C)c3cccnc3)ncc2Br)n[nH]1. The third-order valence-corrected chi connectivity index (χ3v) is 4.11. The fourth-order valence-corrected chi connectivity index (χ4v) is 2.38. The fourth-order valence-electron chi connectivity index (χ4n) is 2.09. The number of halogens is 1. The van der Waals surface area contributed by atoms with E-state index in [-0.39, 0.29) is 0 Å². The first-order valence-corrected chi connectivity index (χ1v) is 8.32. The highest BCUT2D eigenvalue weighted by Crippen LogP contribution is 2.27. The van der Waals surface area contributed by atoms with Gasteiger partial charge >= 0.3 is 0 Å². The topological polar surface area (TPSA) is 82.6 Å². The number of hydrogen-bond donors (Lipinski definition) is 2. The van der Waals surface area contributed by atoms with Crippen molar-refractivity contribution in [2.75, 3.05) is 17.3 Å². The molecule has 0 aromatic carbocycles. The molecular formula is C16H18BrN7. The molecule has 0 aliphatic carbocycles. The number of nitrogens with one attached hydrogen (secondary N) is 2. The minimum atomic E-state index is 0.383. The molecule has 124 valence electrons. The molecule has 0 unspecified atom stereocenters. The number of rotatable bonds is 5. The molecule has 7 nitrogen and oxygen atoms in total. The number of nitrogens with zero attached hydrogens (tertiary/aromatic N) is 5. The minimum Gasteiger partial charge on any atom is -0.322 e. The summed E-state index contributed by atoms with van der Waals surface area (Å²) >= 11 is 3.47. The second-order valence-electron chi connectivity index (χ2n) is 5.63. The molecule has 24 heavy (non-hydrogen) atoms. The van der Waals surface area contributed by atoms with E-state index in [4.69, 9.17) is 0 Å². The first-order valence-electron chi connectivity index (χ1n) is 7.53. The van der Waals surface area contributed by atoms with Gasteiger partial charge in [-0.05, 0) is 34.0 Å². The third-order valence-electron chi connectivity index (χ3n) is 3.53. The Balaban J connectivity index is 1.86. The number of aromatic amines is 1. The number of H-pyrrole nitrogens is 1. The molecule has 0 spiro atoms. The first-order chi connectivity index (χ1) is 11.5. The van der Waals surface area contributed by atoms with Crippen molar-refractivity contribution in [1.82, 2.24) is 25.1 Å². The molecule has 3 aromatic heterocycles. The average Bonchev–Trinajstić information content (AvgIpc) is 3.06. The number of pyridine rings is 1. The van der Waals surface area contributed by atoms with Crippen LogP contribution in [0.3, 0.4) is 0 Å². The van der Waals surface area contributed by atoms with E-state index in [2.05, 4.69) is 60.2 Å². The molecule has 8 heteroatoms. The van der Waals surface area contributed by atoms with Crippen molar-refractivity contribution in [2.24, 2.45) is 0 Å². The minimum absolute atomic E-state index is 0.383. The van der Waals surface area contributed by atoms with Gasteiger partial charge in [-0.2, -0.15) is 10.1 Å². The zero-order valence-electron chi connectivity index (χ0n) is 13.7. The van der Waals surface area contributed by atoms with Crippen molar-refractivity contribution in [1.29, 1.82) is 0 Å². The Morgan fingerprint density at radius 3 is 2.79 bits per heavy atom. The molecule has 0 amide bonds. The summed E-state index contributed by atoms with van der Waals surface area (Å²) in [4.78, 5) is 14.9. The van der Waals surface area contributed by atoms with Crippen LogP contribution >= 0.6 is 15.9 Å². The van der Waals surface area contributed by atoms with Gasteiger partial charge in [0.2, 0.25) is 5.95 Å². The lowest BCUT2D eigenvalue weighted by Crippen LogP contribution is -2.14. The van der Waals surface area contributed by atoms with Gasteiger partial charge in [-0.3, -0.25) is 10.1 Å². The lowest BCUT2D eigenvalue weighted by Gasteiger charge is -2.17. The summed E-state index contributed by atoms with van der Waals surface area (Å²) in [6, 6.07) is 5.80. The fraction of sp³-hybridized carbons (Fsp3) is 0.250. The maximum Gasteiger partial charge on any atom is 0.231 e. The van der Waals surface area contributed by atoms with E-state index in [0.29, 0.717) is 23.5 Å². The molecule has 0 saturated heterocycles. The summed E-state index contributed by atoms with van der Waals surface area (Å²) in [6.07, 6.45) is 5.21. The van der Waals surface area contributed by atoms with Gasteiger partial charge in [-0.25, -0.2) is 4.98 Å². The third kappa shape index (κ3) is 3.53. The first kappa shape index (κ1) is 16.4. The van der Waals surface area contributed by atoms with Gasteiger partial charge in [0.15, 0.2) is 11.6 Å². The molecule has 2 N–H and O–H groups in total. The Morgan fingerprint density at radius 2 is 2.12 bits per heavy atom. The standard InChI is InChI=1S/C16H18BrN7/c1-10(2)13-7-14(23-22-13)20-15-12(17)9-19-16(21-15)24(3)11-5-4-6-18-8-11/h4-10H,1-3H3,(H2,19,20,21,22,23). The summed E-state index contributed by atoms with van der Waals surface area (Å²) in [5, 5.41) is 10.5. The molecule has 0 bridgehead atoms. The molecule has 0 aliphatic rings. The lowest BCUT2D eigenvalue weighted by atomic mass is 10.1. The van der Waals surface area contributed by atoms with Crippen molar-refractivity contribution in [3.63, 3.8) is 0 Å². The van der Waals surface area contributed by atoms with Crippen molar-refractivity contribution in [3.05, 3.63) is 47.0 Å². The van der Waals surface area contributed by atoms with E-state index < -0.39 is 0 Å². The van der Waals surface area contributed by atoms with Crippen LogP contribution in [0.15, 0.2) is 41.3 Å². The van der Waals surface area contributed by atoms with E-state index in [1.165, 1.54) is 0 Å². The van der Waals surface area contributed by atoms with Crippen LogP contribution in [0, 0.1) is 0 Å². The van der Waals surface area contributed by atoms with Crippen LogP contribution in [0.2, 0.25) is 0 Å². The summed E-state index contributed by atoms with van der Waals surface area (Å²) in [5.74, 6) is 2.31. The Bertz CT molecular complexity index is 816. The molecule has 0 saturated carbocycles. The van der Waals surface area contributed by atoms with Crippen LogP contribution in [0.1, 0.15) is 25.5 Å². The summed E-state index contributed by atoms with van der Waals surface area (Å²) in [5.41, 5.74) is 1.98. The normalized spacial score (nSPS) is 10.9. The van der Waals surface area contributed by atoms with Crippen molar-refractivity contribution in [2.45, 2.75) is 19.8 Å².